The van der Waals surface area contributed by atoms with Crippen molar-refractivity contribution in [1.29, 1.82) is 0 Å². The second-order valence-corrected chi connectivity index (χ2v) is 7.46. The van der Waals surface area contributed by atoms with E-state index in [-0.39, 0.29) is 12.5 Å². The van der Waals surface area contributed by atoms with Crippen LogP contribution in [0.5, 0.6) is 0 Å². The van der Waals surface area contributed by atoms with Crippen LogP contribution in [0.2, 0.25) is 0 Å². The highest BCUT2D eigenvalue weighted by Gasteiger charge is 2.55. The number of carbonyl (C=O) groups is 3. The zero-order valence-electron chi connectivity index (χ0n) is 14.9. The number of rotatable bonds is 4. The van der Waals surface area contributed by atoms with Gasteiger partial charge in [0.15, 0.2) is 12.1 Å². The molecule has 0 saturated carbocycles. The first-order chi connectivity index (χ1) is 13.5. The molecule has 0 bridgehead atoms. The number of fused-ring (bicyclic) bond motifs is 1. The third-order valence-corrected chi connectivity index (χ3v) is 5.20. The van der Waals surface area contributed by atoms with Gasteiger partial charge in [0.25, 0.3) is 11.8 Å². The van der Waals surface area contributed by atoms with Crippen molar-refractivity contribution in [2.75, 3.05) is 16.8 Å². The van der Waals surface area contributed by atoms with Crippen LogP contribution in [0, 0.1) is 6.92 Å². The molecule has 142 valence electrons. The van der Waals surface area contributed by atoms with E-state index in [2.05, 4.69) is 31.6 Å². The lowest BCUT2D eigenvalue weighted by atomic mass is 10.1. The summed E-state index contributed by atoms with van der Waals surface area (Å²) in [4.78, 5) is 39.1. The van der Waals surface area contributed by atoms with Crippen LogP contribution in [0.25, 0.3) is 0 Å². The molecule has 28 heavy (non-hydrogen) atoms. The van der Waals surface area contributed by atoms with E-state index in [1.54, 1.807) is 30.3 Å². The van der Waals surface area contributed by atoms with Gasteiger partial charge in [-0.25, -0.2) is 4.90 Å². The van der Waals surface area contributed by atoms with Gasteiger partial charge in [-0.3, -0.25) is 19.4 Å². The standard InChI is InChI=1S/C19H16BrN5O3/c1-11-4-2-3-5-14(11)21-15(26)10-24-17-16(22-23-24)18(27)25(19(17)28)13-8-6-12(20)7-9-13/h2-9,16-17H,10H2,1H3,(H,21,26)/t16-,17-/m1/s1. The lowest BCUT2D eigenvalue weighted by Gasteiger charge is -2.20. The summed E-state index contributed by atoms with van der Waals surface area (Å²) in [6, 6.07) is 12.4. The number of benzene rings is 2. The molecule has 2 aromatic rings. The van der Waals surface area contributed by atoms with Gasteiger partial charge in [0.1, 0.15) is 6.54 Å². The molecular weight excluding hydrogens is 426 g/mol. The summed E-state index contributed by atoms with van der Waals surface area (Å²) in [7, 11) is 0. The molecule has 1 fully saturated rings. The maximum absolute atomic E-state index is 12.9. The van der Waals surface area contributed by atoms with E-state index in [0.717, 1.165) is 14.9 Å². The molecule has 0 aliphatic carbocycles. The molecule has 2 atom stereocenters. The lowest BCUT2D eigenvalue weighted by molar-refractivity contribution is -0.123. The SMILES string of the molecule is Cc1ccccc1NC(=O)CN1N=N[C@H]2C(=O)N(c3ccc(Br)cc3)C(=O)[C@@H]21. The van der Waals surface area contributed by atoms with E-state index in [9.17, 15) is 14.4 Å². The monoisotopic (exact) mass is 441 g/mol. The van der Waals surface area contributed by atoms with Crippen LogP contribution >= 0.6 is 15.9 Å². The Morgan fingerprint density at radius 3 is 2.54 bits per heavy atom. The predicted molar refractivity (Wildman–Crippen MR) is 106 cm³/mol. The summed E-state index contributed by atoms with van der Waals surface area (Å²) in [5.74, 6) is -1.22. The Balaban J connectivity index is 1.49. The van der Waals surface area contributed by atoms with E-state index in [1.807, 2.05) is 25.1 Å². The zero-order valence-corrected chi connectivity index (χ0v) is 16.5. The second kappa shape index (κ2) is 7.16. The largest absolute Gasteiger partial charge is 0.324 e. The molecule has 2 aliphatic heterocycles. The predicted octanol–water partition coefficient (Wildman–Crippen LogP) is 2.69. The minimum atomic E-state index is -0.928. The van der Waals surface area contributed by atoms with Gasteiger partial charge in [-0.1, -0.05) is 39.4 Å². The van der Waals surface area contributed by atoms with E-state index >= 15 is 0 Å². The van der Waals surface area contributed by atoms with Gasteiger partial charge in [0.05, 0.1) is 5.69 Å². The van der Waals surface area contributed by atoms with Gasteiger partial charge in [0.2, 0.25) is 5.91 Å². The number of amides is 3. The number of imide groups is 1. The van der Waals surface area contributed by atoms with Crippen molar-refractivity contribution in [2.24, 2.45) is 10.3 Å². The van der Waals surface area contributed by atoms with Gasteiger partial charge < -0.3 is 5.32 Å². The highest BCUT2D eigenvalue weighted by molar-refractivity contribution is 9.10. The molecule has 0 spiro atoms. The Hall–Kier alpha value is -3.07. The molecule has 0 unspecified atom stereocenters. The van der Waals surface area contributed by atoms with Crippen molar-refractivity contribution >= 4 is 45.0 Å². The van der Waals surface area contributed by atoms with Crippen molar-refractivity contribution in [3.8, 4) is 0 Å². The fraction of sp³-hybridized carbons (Fsp3) is 0.211. The van der Waals surface area contributed by atoms with Gasteiger partial charge in [-0.05, 0) is 42.8 Å². The van der Waals surface area contributed by atoms with Gasteiger partial charge in [0, 0.05) is 10.2 Å². The molecule has 2 aliphatic rings. The number of carbonyl (C=O) groups excluding carboxylic acids is 3. The van der Waals surface area contributed by atoms with E-state index in [1.165, 1.54) is 5.01 Å². The minimum absolute atomic E-state index is 0.174. The summed E-state index contributed by atoms with van der Waals surface area (Å²) < 4.78 is 0.838. The number of para-hydroxylation sites is 1. The summed E-state index contributed by atoms with van der Waals surface area (Å²) in [5.41, 5.74) is 2.07. The average molecular weight is 442 g/mol. The van der Waals surface area contributed by atoms with Crippen molar-refractivity contribution in [2.45, 2.75) is 19.0 Å². The van der Waals surface area contributed by atoms with Crippen LogP contribution in [0.15, 0.2) is 63.3 Å². The molecule has 2 heterocycles. The number of nitrogens with one attached hydrogen (secondary N) is 1. The van der Waals surface area contributed by atoms with Crippen LogP contribution in [-0.2, 0) is 14.4 Å². The van der Waals surface area contributed by atoms with Crippen molar-refractivity contribution in [1.82, 2.24) is 5.01 Å². The smallest absolute Gasteiger partial charge is 0.263 e. The Bertz CT molecular complexity index is 991. The average Bonchev–Trinajstić information content (AvgIpc) is 3.18. The van der Waals surface area contributed by atoms with Gasteiger partial charge in [-0.15, -0.1) is 0 Å². The molecule has 8 nitrogen and oxygen atoms in total. The number of aryl methyl sites for hydroxylation is 1. The normalized spacial score (nSPS) is 20.6. The van der Waals surface area contributed by atoms with E-state index in [4.69, 9.17) is 0 Å². The molecule has 4 rings (SSSR count). The molecular formula is C19H16BrN5O3. The number of hydrogen-bond acceptors (Lipinski definition) is 6. The topological polar surface area (TPSA) is 94.4 Å². The molecule has 3 amide bonds. The van der Waals surface area contributed by atoms with Crippen LogP contribution in [0.4, 0.5) is 11.4 Å². The first-order valence-electron chi connectivity index (χ1n) is 8.62. The Labute approximate surface area is 169 Å². The molecule has 9 heteroatoms. The highest BCUT2D eigenvalue weighted by atomic mass is 79.9. The number of hydrogen-bond donors (Lipinski definition) is 1. The first-order valence-corrected chi connectivity index (χ1v) is 9.41. The Morgan fingerprint density at radius 1 is 1.11 bits per heavy atom. The summed E-state index contributed by atoms with van der Waals surface area (Å²) in [6.07, 6.45) is 0. The maximum atomic E-state index is 12.9. The lowest BCUT2D eigenvalue weighted by Crippen LogP contribution is -2.43. The maximum Gasteiger partial charge on any atom is 0.263 e. The van der Waals surface area contributed by atoms with Crippen LogP contribution in [0.1, 0.15) is 5.56 Å². The highest BCUT2D eigenvalue weighted by Crippen LogP contribution is 2.32. The summed E-state index contributed by atoms with van der Waals surface area (Å²) >= 11 is 3.33. The third-order valence-electron chi connectivity index (χ3n) is 4.67. The molecule has 1 saturated heterocycles. The first kappa shape index (κ1) is 18.3. The summed E-state index contributed by atoms with van der Waals surface area (Å²) in [6.45, 7) is 1.71. The van der Waals surface area contributed by atoms with E-state index < -0.39 is 23.9 Å². The van der Waals surface area contributed by atoms with E-state index in [0.29, 0.717) is 11.4 Å². The van der Waals surface area contributed by atoms with Crippen molar-refractivity contribution < 1.29 is 14.4 Å². The Kier molecular flexibility index (Phi) is 4.68. The van der Waals surface area contributed by atoms with Crippen molar-refractivity contribution in [3.05, 3.63) is 58.6 Å². The molecule has 0 aromatic heterocycles. The van der Waals surface area contributed by atoms with Gasteiger partial charge >= 0.3 is 0 Å². The number of nitrogens with zero attached hydrogens (tertiary/aromatic N) is 4. The quantitative estimate of drug-likeness (QED) is 0.737. The van der Waals surface area contributed by atoms with Crippen LogP contribution in [-0.4, -0.2) is 41.4 Å². The number of anilines is 2. The van der Waals surface area contributed by atoms with Crippen molar-refractivity contribution in [3.63, 3.8) is 0 Å². The second-order valence-electron chi connectivity index (χ2n) is 6.54. The Morgan fingerprint density at radius 2 is 1.82 bits per heavy atom. The zero-order chi connectivity index (χ0) is 19.8. The number of halogens is 1. The minimum Gasteiger partial charge on any atom is -0.324 e. The van der Waals surface area contributed by atoms with Crippen LogP contribution in [0.3, 0.4) is 0 Å². The molecule has 0 radical (unpaired) electrons. The molecule has 2 aromatic carbocycles. The van der Waals surface area contributed by atoms with Crippen LogP contribution < -0.4 is 10.2 Å². The summed E-state index contributed by atoms with van der Waals surface area (Å²) in [5, 5.41) is 11.9. The molecule has 1 N–H and O–H groups in total. The fourth-order valence-corrected chi connectivity index (χ4v) is 3.51. The fourth-order valence-electron chi connectivity index (χ4n) is 3.25. The van der Waals surface area contributed by atoms with Gasteiger partial charge in [-0.2, -0.15) is 5.11 Å². The third kappa shape index (κ3) is 3.18.